The molecule has 0 radical (unpaired) electrons. The summed E-state index contributed by atoms with van der Waals surface area (Å²) in [4.78, 5) is 46.4. The van der Waals surface area contributed by atoms with Gasteiger partial charge in [-0.2, -0.15) is 0 Å². The van der Waals surface area contributed by atoms with Crippen LogP contribution in [0.4, 0.5) is 0 Å². The second kappa shape index (κ2) is 25.6. The molecular weight excluding hydrogens is 531 g/mol. The minimum Gasteiger partial charge on any atom is -0.756 e. The molecule has 39 heavy (non-hydrogen) atoms. The number of phosphoric acid groups is 1. The summed E-state index contributed by atoms with van der Waals surface area (Å²) < 4.78 is 31.3. The lowest BCUT2D eigenvalue weighted by Crippen LogP contribution is -2.30. The van der Waals surface area contributed by atoms with Crippen LogP contribution in [0, 0.1) is 0 Å². The zero-order valence-electron chi connectivity index (χ0n) is 23.6. The highest BCUT2D eigenvalue weighted by atomic mass is 31.2. The molecule has 11 nitrogen and oxygen atoms in total. The number of carbonyl (C=O) groups is 3. The number of phosphoric ester groups is 1. The van der Waals surface area contributed by atoms with E-state index in [1.807, 2.05) is 0 Å². The first kappa shape index (κ1) is 37.6. The molecule has 0 aliphatic heterocycles. The molecule has 0 aromatic carbocycles. The third-order valence-corrected chi connectivity index (χ3v) is 6.90. The third-order valence-electron chi connectivity index (χ3n) is 5.97. The van der Waals surface area contributed by atoms with Crippen LogP contribution in [0.3, 0.4) is 0 Å². The van der Waals surface area contributed by atoms with Crippen molar-refractivity contribution in [3.63, 3.8) is 0 Å². The van der Waals surface area contributed by atoms with Gasteiger partial charge in [0.1, 0.15) is 19.0 Å². The highest BCUT2D eigenvalue weighted by molar-refractivity contribution is 7.45. The van der Waals surface area contributed by atoms with Gasteiger partial charge in [0, 0.05) is 19.3 Å². The van der Waals surface area contributed by atoms with E-state index in [0.717, 1.165) is 19.3 Å². The summed E-state index contributed by atoms with van der Waals surface area (Å²) in [6.07, 6.45) is 14.0. The molecule has 0 amide bonds. The number of esters is 2. The van der Waals surface area contributed by atoms with E-state index in [-0.39, 0.29) is 25.7 Å². The van der Waals surface area contributed by atoms with E-state index in [2.05, 4.69) is 16.0 Å². The van der Waals surface area contributed by atoms with Crippen LogP contribution >= 0.6 is 7.82 Å². The molecule has 2 N–H and O–H groups in total. The number of carbonyl (C=O) groups excluding carboxylic acids is 3. The molecule has 230 valence electrons. The summed E-state index contributed by atoms with van der Waals surface area (Å²) in [5.41, 5.74) is 0. The van der Waals surface area contributed by atoms with Gasteiger partial charge in [0.15, 0.2) is 6.10 Å². The molecular formula is C27H50O11P-. The number of aliphatic hydroxyl groups excluding tert-OH is 2. The van der Waals surface area contributed by atoms with E-state index in [9.17, 15) is 28.9 Å². The molecule has 0 spiro atoms. The average molecular weight is 582 g/mol. The summed E-state index contributed by atoms with van der Waals surface area (Å²) in [6, 6.07) is 0. The van der Waals surface area contributed by atoms with Gasteiger partial charge in [-0.25, -0.2) is 0 Å². The van der Waals surface area contributed by atoms with Gasteiger partial charge in [-0.1, -0.05) is 84.0 Å². The highest BCUT2D eigenvalue weighted by Gasteiger charge is 2.21. The normalized spacial score (nSPS) is 14.4. The zero-order valence-corrected chi connectivity index (χ0v) is 24.5. The molecule has 0 aromatic rings. The van der Waals surface area contributed by atoms with Crippen molar-refractivity contribution in [2.75, 3.05) is 26.4 Å². The number of ether oxygens (including phenoxy) is 2. The molecule has 0 heterocycles. The lowest BCUT2D eigenvalue weighted by atomic mass is 10.0. The Bertz CT molecular complexity index is 674. The molecule has 3 atom stereocenters. The first-order chi connectivity index (χ1) is 18.7. The number of rotatable bonds is 28. The number of aliphatic hydroxyl groups is 2. The minimum absolute atomic E-state index is 0.0730. The lowest BCUT2D eigenvalue weighted by Gasteiger charge is -2.26. The Kier molecular flexibility index (Phi) is 24.7. The smallest absolute Gasteiger partial charge is 0.306 e. The second-order valence-electron chi connectivity index (χ2n) is 9.72. The Balaban J connectivity index is 4.23. The van der Waals surface area contributed by atoms with Gasteiger partial charge >= 0.3 is 11.9 Å². The fourth-order valence-electron chi connectivity index (χ4n) is 3.68. The van der Waals surface area contributed by atoms with Crippen molar-refractivity contribution < 1.29 is 52.6 Å². The maximum absolute atomic E-state index is 12.1. The summed E-state index contributed by atoms with van der Waals surface area (Å²) in [5.74, 6) is -1.19. The highest BCUT2D eigenvalue weighted by Crippen LogP contribution is 2.38. The largest absolute Gasteiger partial charge is 0.756 e. The predicted octanol–water partition coefficient (Wildman–Crippen LogP) is 4.15. The Morgan fingerprint density at radius 1 is 0.795 bits per heavy atom. The van der Waals surface area contributed by atoms with Crippen molar-refractivity contribution >= 4 is 26.0 Å². The summed E-state index contributed by atoms with van der Waals surface area (Å²) >= 11 is 0. The monoisotopic (exact) mass is 581 g/mol. The van der Waals surface area contributed by atoms with Crippen molar-refractivity contribution in [1.29, 1.82) is 0 Å². The van der Waals surface area contributed by atoms with Crippen LogP contribution in [0.2, 0.25) is 0 Å². The third kappa shape index (κ3) is 25.4. The first-order valence-corrected chi connectivity index (χ1v) is 15.9. The molecule has 1 unspecified atom stereocenters. The van der Waals surface area contributed by atoms with Crippen LogP contribution in [-0.2, 0) is 37.5 Å². The molecule has 0 aliphatic carbocycles. The summed E-state index contributed by atoms with van der Waals surface area (Å²) in [7, 11) is -4.87. The summed E-state index contributed by atoms with van der Waals surface area (Å²) in [6.45, 7) is -0.253. The number of unbranched alkanes of at least 4 members (excludes halogenated alkanes) is 13. The lowest BCUT2D eigenvalue weighted by molar-refractivity contribution is -0.230. The van der Waals surface area contributed by atoms with E-state index >= 15 is 0 Å². The Morgan fingerprint density at radius 2 is 1.31 bits per heavy atom. The number of aldehydes is 1. The van der Waals surface area contributed by atoms with E-state index in [1.165, 1.54) is 57.8 Å². The maximum atomic E-state index is 12.1. The van der Waals surface area contributed by atoms with Gasteiger partial charge in [-0.3, -0.25) is 14.2 Å². The average Bonchev–Trinajstić information content (AvgIpc) is 2.91. The fourth-order valence-corrected chi connectivity index (χ4v) is 4.46. The van der Waals surface area contributed by atoms with Crippen LogP contribution < -0.4 is 4.89 Å². The Labute approximate surface area is 233 Å². The predicted molar refractivity (Wildman–Crippen MR) is 144 cm³/mol. The van der Waals surface area contributed by atoms with Crippen LogP contribution in [0.5, 0.6) is 0 Å². The van der Waals surface area contributed by atoms with Gasteiger partial charge in [0.25, 0.3) is 7.82 Å². The van der Waals surface area contributed by atoms with E-state index in [4.69, 9.17) is 14.6 Å². The fraction of sp³-hybridized carbons (Fsp3) is 0.889. The molecule has 0 bridgehead atoms. The van der Waals surface area contributed by atoms with Gasteiger partial charge < -0.3 is 38.4 Å². The number of hydrogen-bond acceptors (Lipinski definition) is 11. The standard InChI is InChI=1S/C27H51O11P/c1-2-3-4-5-6-7-8-9-10-11-12-13-14-17-26(31)35-22-25(38-27(32)18-15-16-19-28)23-37-39(33,34)36-21-24(30)20-29/h19,24-25,29-30H,2-18,20-23H2,1H3,(H,33,34)/p-1/t24-,25+/m0/s1. The van der Waals surface area contributed by atoms with Crippen LogP contribution in [0.15, 0.2) is 0 Å². The van der Waals surface area contributed by atoms with Crippen molar-refractivity contribution in [1.82, 2.24) is 0 Å². The van der Waals surface area contributed by atoms with Crippen molar-refractivity contribution in [3.8, 4) is 0 Å². The van der Waals surface area contributed by atoms with Gasteiger partial charge in [0.2, 0.25) is 0 Å². The van der Waals surface area contributed by atoms with Crippen molar-refractivity contribution in [3.05, 3.63) is 0 Å². The minimum atomic E-state index is -4.87. The van der Waals surface area contributed by atoms with E-state index in [1.54, 1.807) is 0 Å². The quantitative estimate of drug-likeness (QED) is 0.0589. The maximum Gasteiger partial charge on any atom is 0.306 e. The van der Waals surface area contributed by atoms with E-state index in [0.29, 0.717) is 12.7 Å². The Morgan fingerprint density at radius 3 is 1.85 bits per heavy atom. The summed E-state index contributed by atoms with van der Waals surface area (Å²) in [5, 5.41) is 18.0. The Hall–Kier alpha value is -1.36. The SMILES string of the molecule is CCCCCCCCCCCCCCCC(=O)OC[C@H](COP(=O)([O-])OC[C@@H](O)CO)OC(=O)CCCC=O. The first-order valence-electron chi connectivity index (χ1n) is 14.4. The molecule has 0 aromatic heterocycles. The molecule has 0 rings (SSSR count). The van der Waals surface area contributed by atoms with E-state index < -0.39 is 58.4 Å². The van der Waals surface area contributed by atoms with Crippen LogP contribution in [0.25, 0.3) is 0 Å². The second-order valence-corrected chi connectivity index (χ2v) is 11.1. The van der Waals surface area contributed by atoms with Crippen molar-refractivity contribution in [2.24, 2.45) is 0 Å². The van der Waals surface area contributed by atoms with Gasteiger partial charge in [-0.15, -0.1) is 0 Å². The molecule has 0 fully saturated rings. The van der Waals surface area contributed by atoms with Gasteiger partial charge in [0.05, 0.1) is 19.8 Å². The van der Waals surface area contributed by atoms with Crippen LogP contribution in [0.1, 0.15) is 116 Å². The molecule has 0 saturated carbocycles. The molecule has 0 saturated heterocycles. The molecule has 12 heteroatoms. The van der Waals surface area contributed by atoms with Crippen LogP contribution in [-0.4, -0.2) is 67.1 Å². The van der Waals surface area contributed by atoms with Gasteiger partial charge in [-0.05, 0) is 12.8 Å². The molecule has 0 aliphatic rings. The number of hydrogen-bond donors (Lipinski definition) is 2. The van der Waals surface area contributed by atoms with Crippen molar-refractivity contribution in [2.45, 2.75) is 128 Å². The zero-order chi connectivity index (χ0) is 29.2. The topological polar surface area (TPSA) is 169 Å².